The first-order chi connectivity index (χ1) is 10.9. The molecule has 1 unspecified atom stereocenters. The Morgan fingerprint density at radius 2 is 2.30 bits per heavy atom. The molecule has 0 aromatic carbocycles. The van der Waals surface area contributed by atoms with E-state index in [9.17, 15) is 18.7 Å². The summed E-state index contributed by atoms with van der Waals surface area (Å²) in [5.41, 5.74) is 6.37. The zero-order chi connectivity index (χ0) is 17.0. The molecule has 0 aliphatic heterocycles. The van der Waals surface area contributed by atoms with Gasteiger partial charge in [-0.05, 0) is 24.1 Å². The first-order valence-electron chi connectivity index (χ1n) is 6.60. The Labute approximate surface area is 130 Å². The number of carbonyl (C=O) groups is 1. The SMILES string of the molecule is C=CCC(NC(=O)[O-])c1ccnc(-c2c(N)cnn2C(F)F)c1. The molecule has 2 aromatic rings. The average molecular weight is 322 g/mol. The van der Waals surface area contributed by atoms with E-state index in [1.54, 1.807) is 6.07 Å². The van der Waals surface area contributed by atoms with E-state index in [0.29, 0.717) is 16.7 Å². The van der Waals surface area contributed by atoms with Gasteiger partial charge >= 0.3 is 6.55 Å². The van der Waals surface area contributed by atoms with Crippen molar-refractivity contribution < 1.29 is 18.7 Å². The number of nitrogen functional groups attached to an aromatic ring is 1. The van der Waals surface area contributed by atoms with Crippen molar-refractivity contribution in [3.05, 3.63) is 42.7 Å². The van der Waals surface area contributed by atoms with Gasteiger partial charge in [-0.15, -0.1) is 6.58 Å². The maximum absolute atomic E-state index is 13.0. The van der Waals surface area contributed by atoms with Gasteiger partial charge in [-0.2, -0.15) is 18.6 Å². The number of nitrogens with two attached hydrogens (primary N) is 1. The number of pyridine rings is 1. The van der Waals surface area contributed by atoms with Crippen LogP contribution in [0.3, 0.4) is 0 Å². The first-order valence-corrected chi connectivity index (χ1v) is 6.60. The first kappa shape index (κ1) is 16.4. The van der Waals surface area contributed by atoms with E-state index in [0.717, 1.165) is 6.20 Å². The maximum atomic E-state index is 13.0. The van der Waals surface area contributed by atoms with Gasteiger partial charge in [0.25, 0.3) is 0 Å². The fraction of sp³-hybridized carbons (Fsp3) is 0.214. The number of aromatic nitrogens is 3. The van der Waals surface area contributed by atoms with E-state index >= 15 is 0 Å². The zero-order valence-electron chi connectivity index (χ0n) is 11.9. The summed E-state index contributed by atoms with van der Waals surface area (Å²) in [6.45, 7) is 0.678. The van der Waals surface area contributed by atoms with Crippen molar-refractivity contribution >= 4 is 11.8 Å². The molecule has 2 aromatic heterocycles. The van der Waals surface area contributed by atoms with E-state index in [-0.39, 0.29) is 17.1 Å². The summed E-state index contributed by atoms with van der Waals surface area (Å²) >= 11 is 0. The minimum atomic E-state index is -2.88. The lowest BCUT2D eigenvalue weighted by atomic mass is 10.0. The van der Waals surface area contributed by atoms with Gasteiger partial charge in [0.05, 0.1) is 23.6 Å². The number of halogens is 2. The van der Waals surface area contributed by atoms with Crippen LogP contribution in [0.1, 0.15) is 24.6 Å². The molecule has 3 N–H and O–H groups in total. The van der Waals surface area contributed by atoms with Gasteiger partial charge < -0.3 is 21.0 Å². The molecule has 1 amide bonds. The highest BCUT2D eigenvalue weighted by atomic mass is 19.3. The van der Waals surface area contributed by atoms with Crippen LogP contribution in [0, 0.1) is 0 Å². The predicted octanol–water partition coefficient (Wildman–Crippen LogP) is 1.47. The van der Waals surface area contributed by atoms with Crippen molar-refractivity contribution in [3.8, 4) is 11.4 Å². The third-order valence-electron chi connectivity index (χ3n) is 3.13. The minimum absolute atomic E-state index is 0.0346. The van der Waals surface area contributed by atoms with Crippen LogP contribution < -0.4 is 16.2 Å². The van der Waals surface area contributed by atoms with Gasteiger partial charge in [-0.1, -0.05) is 6.08 Å². The molecule has 2 rings (SSSR count). The predicted molar refractivity (Wildman–Crippen MR) is 77.2 cm³/mol. The Bertz CT molecular complexity index is 717. The van der Waals surface area contributed by atoms with E-state index in [4.69, 9.17) is 5.73 Å². The number of nitrogens with one attached hydrogen (secondary N) is 1. The summed E-state index contributed by atoms with van der Waals surface area (Å²) in [6.07, 6.45) is 2.85. The van der Waals surface area contributed by atoms with Gasteiger partial charge in [-0.3, -0.25) is 4.98 Å². The average Bonchev–Trinajstić information content (AvgIpc) is 2.88. The third-order valence-corrected chi connectivity index (χ3v) is 3.13. The molecule has 122 valence electrons. The van der Waals surface area contributed by atoms with E-state index in [1.165, 1.54) is 18.3 Å². The molecule has 0 saturated heterocycles. The van der Waals surface area contributed by atoms with Crippen LogP contribution in [0.2, 0.25) is 0 Å². The number of anilines is 1. The number of alkyl halides is 2. The smallest absolute Gasteiger partial charge is 0.333 e. The maximum Gasteiger partial charge on any atom is 0.333 e. The number of nitrogens with zero attached hydrogens (tertiary/aromatic N) is 3. The lowest BCUT2D eigenvalue weighted by molar-refractivity contribution is -0.251. The molecule has 0 aliphatic carbocycles. The third kappa shape index (κ3) is 3.62. The Hall–Kier alpha value is -2.97. The molecule has 1 atom stereocenters. The Morgan fingerprint density at radius 1 is 1.57 bits per heavy atom. The molecule has 0 fully saturated rings. The summed E-state index contributed by atoms with van der Waals surface area (Å²) in [5, 5.41) is 16.5. The van der Waals surface area contributed by atoms with Gasteiger partial charge in [0.1, 0.15) is 11.8 Å². The molecular formula is C14H14F2N5O2-. The fourth-order valence-corrected chi connectivity index (χ4v) is 2.17. The van der Waals surface area contributed by atoms with Crippen molar-refractivity contribution in [3.63, 3.8) is 0 Å². The summed E-state index contributed by atoms with van der Waals surface area (Å²) in [4.78, 5) is 14.8. The monoisotopic (exact) mass is 322 g/mol. The quantitative estimate of drug-likeness (QED) is 0.783. The summed E-state index contributed by atoms with van der Waals surface area (Å²) < 4.78 is 26.4. The number of carbonyl (C=O) groups excluding carboxylic acids is 1. The minimum Gasteiger partial charge on any atom is -0.530 e. The van der Waals surface area contributed by atoms with Gasteiger partial charge in [0.15, 0.2) is 0 Å². The molecule has 7 nitrogen and oxygen atoms in total. The highest BCUT2D eigenvalue weighted by Gasteiger charge is 2.19. The van der Waals surface area contributed by atoms with Crippen molar-refractivity contribution in [2.45, 2.75) is 19.0 Å². The summed E-state index contributed by atoms with van der Waals surface area (Å²) in [7, 11) is 0. The second-order valence-corrected chi connectivity index (χ2v) is 4.65. The molecule has 0 radical (unpaired) electrons. The molecule has 0 spiro atoms. The highest BCUT2D eigenvalue weighted by molar-refractivity contribution is 5.70. The van der Waals surface area contributed by atoms with Crippen LogP contribution in [0.5, 0.6) is 0 Å². The van der Waals surface area contributed by atoms with Crippen LogP contribution >= 0.6 is 0 Å². The second-order valence-electron chi connectivity index (χ2n) is 4.65. The summed E-state index contributed by atoms with van der Waals surface area (Å²) in [5.74, 6) is 0. The Balaban J connectivity index is 2.45. The van der Waals surface area contributed by atoms with E-state index in [1.807, 2.05) is 0 Å². The topological polar surface area (TPSA) is 109 Å². The molecular weight excluding hydrogens is 308 g/mol. The number of rotatable bonds is 6. The van der Waals surface area contributed by atoms with Crippen molar-refractivity contribution in [1.82, 2.24) is 20.1 Å². The lowest BCUT2D eigenvalue weighted by Crippen LogP contribution is -2.38. The van der Waals surface area contributed by atoms with Crippen LogP contribution in [0.25, 0.3) is 11.4 Å². The van der Waals surface area contributed by atoms with Crippen molar-refractivity contribution in [1.29, 1.82) is 0 Å². The van der Waals surface area contributed by atoms with Crippen LogP contribution in [0.4, 0.5) is 19.3 Å². The van der Waals surface area contributed by atoms with Gasteiger partial charge in [0.2, 0.25) is 0 Å². The molecule has 23 heavy (non-hydrogen) atoms. The zero-order valence-corrected chi connectivity index (χ0v) is 11.9. The largest absolute Gasteiger partial charge is 0.530 e. The summed E-state index contributed by atoms with van der Waals surface area (Å²) in [6, 6.07) is 2.40. The van der Waals surface area contributed by atoms with E-state index < -0.39 is 18.7 Å². The second kappa shape index (κ2) is 6.86. The van der Waals surface area contributed by atoms with Gasteiger partial charge in [0, 0.05) is 6.20 Å². The van der Waals surface area contributed by atoms with Crippen LogP contribution in [0.15, 0.2) is 37.2 Å². The van der Waals surface area contributed by atoms with E-state index in [2.05, 4.69) is 22.0 Å². The van der Waals surface area contributed by atoms with Gasteiger partial charge in [-0.25, -0.2) is 0 Å². The molecule has 0 saturated carbocycles. The number of hydrogen-bond acceptors (Lipinski definition) is 5. The molecule has 0 aliphatic rings. The van der Waals surface area contributed by atoms with Crippen LogP contribution in [-0.4, -0.2) is 20.9 Å². The normalized spacial score (nSPS) is 12.1. The number of carboxylic acid groups (broad SMARTS) is 1. The molecule has 2 heterocycles. The fourth-order valence-electron chi connectivity index (χ4n) is 2.17. The Kier molecular flexibility index (Phi) is 4.89. The number of amides is 1. The Morgan fingerprint density at radius 3 is 2.91 bits per heavy atom. The lowest BCUT2D eigenvalue weighted by Gasteiger charge is -2.19. The van der Waals surface area contributed by atoms with Crippen molar-refractivity contribution in [2.75, 3.05) is 5.73 Å². The molecule has 0 bridgehead atoms. The molecule has 9 heteroatoms. The van der Waals surface area contributed by atoms with Crippen LogP contribution in [-0.2, 0) is 0 Å². The highest BCUT2D eigenvalue weighted by Crippen LogP contribution is 2.29. The van der Waals surface area contributed by atoms with Crippen molar-refractivity contribution in [2.24, 2.45) is 0 Å². The standard InChI is InChI=1S/C14H15F2N5O2/c1-2-3-10(20-14(22)23)8-4-5-18-11(6-8)12-9(17)7-19-21(12)13(15)16/h2,4-7,10,13,20H,1,3,17H2,(H,22,23)/p-1. The number of hydrogen-bond donors (Lipinski definition) is 2.